The fraction of sp³-hybridized carbons (Fsp3) is 0.611. The van der Waals surface area contributed by atoms with Crippen LogP contribution in [0.4, 0.5) is 0 Å². The summed E-state index contributed by atoms with van der Waals surface area (Å²) in [6.07, 6.45) is 5.47. The lowest BCUT2D eigenvalue weighted by Crippen LogP contribution is -2.49. The summed E-state index contributed by atoms with van der Waals surface area (Å²) in [5.74, 6) is 0.924. The average molecular weight is 288 g/mol. The van der Waals surface area contributed by atoms with Crippen LogP contribution in [0.25, 0.3) is 0 Å². The van der Waals surface area contributed by atoms with Gasteiger partial charge in [-0.1, -0.05) is 37.3 Å². The molecule has 0 aromatic heterocycles. The molecule has 1 heterocycles. The molecule has 0 spiro atoms. The van der Waals surface area contributed by atoms with Gasteiger partial charge < -0.3 is 10.2 Å². The van der Waals surface area contributed by atoms with E-state index in [1.807, 2.05) is 18.0 Å². The number of rotatable bonds is 6. The Kier molecular flexibility index (Phi) is 6.24. The highest BCUT2D eigenvalue weighted by Gasteiger charge is 2.26. The molecule has 0 bridgehead atoms. The lowest BCUT2D eigenvalue weighted by Gasteiger charge is -2.30. The molecule has 2 atom stereocenters. The predicted molar refractivity (Wildman–Crippen MR) is 87.2 cm³/mol. The second kappa shape index (κ2) is 8.18. The van der Waals surface area contributed by atoms with E-state index in [1.165, 1.54) is 12.0 Å². The molecule has 1 aromatic rings. The first-order valence-corrected chi connectivity index (χ1v) is 8.19. The number of aryl methyl sites for hydroxylation is 1. The van der Waals surface area contributed by atoms with Crippen molar-refractivity contribution in [1.29, 1.82) is 0 Å². The van der Waals surface area contributed by atoms with Crippen molar-refractivity contribution in [2.24, 2.45) is 5.92 Å². The Morgan fingerprint density at radius 1 is 1.29 bits per heavy atom. The maximum absolute atomic E-state index is 12.4. The van der Waals surface area contributed by atoms with Crippen LogP contribution in [0, 0.1) is 5.92 Å². The van der Waals surface area contributed by atoms with Crippen LogP contribution in [-0.4, -0.2) is 37.0 Å². The minimum Gasteiger partial charge on any atom is -0.344 e. The minimum atomic E-state index is 0.0351. The Morgan fingerprint density at radius 3 is 2.76 bits per heavy atom. The summed E-state index contributed by atoms with van der Waals surface area (Å²) >= 11 is 0. The highest BCUT2D eigenvalue weighted by Crippen LogP contribution is 2.16. The van der Waals surface area contributed by atoms with Gasteiger partial charge in [-0.15, -0.1) is 0 Å². The molecule has 2 rings (SSSR count). The summed E-state index contributed by atoms with van der Waals surface area (Å²) in [5, 5.41) is 3.36. The van der Waals surface area contributed by atoms with Crippen molar-refractivity contribution in [2.75, 3.05) is 20.1 Å². The maximum atomic E-state index is 12.4. The number of unbranched alkanes of at least 4 members (excludes halogenated alkanes) is 1. The first-order valence-electron chi connectivity index (χ1n) is 8.19. The van der Waals surface area contributed by atoms with Gasteiger partial charge in [-0.3, -0.25) is 4.79 Å². The van der Waals surface area contributed by atoms with Crippen LogP contribution in [-0.2, 0) is 11.2 Å². The number of amides is 1. The quantitative estimate of drug-likeness (QED) is 0.816. The van der Waals surface area contributed by atoms with Gasteiger partial charge in [0.05, 0.1) is 6.04 Å². The van der Waals surface area contributed by atoms with Crippen LogP contribution in [0.3, 0.4) is 0 Å². The number of piperidine rings is 1. The van der Waals surface area contributed by atoms with E-state index in [2.05, 4.69) is 36.5 Å². The first-order chi connectivity index (χ1) is 10.2. The molecule has 3 nitrogen and oxygen atoms in total. The van der Waals surface area contributed by atoms with E-state index in [-0.39, 0.29) is 11.9 Å². The van der Waals surface area contributed by atoms with Crippen LogP contribution in [0.2, 0.25) is 0 Å². The molecule has 1 amide bonds. The average Bonchev–Trinajstić information content (AvgIpc) is 2.51. The lowest BCUT2D eigenvalue weighted by molar-refractivity contribution is -0.133. The van der Waals surface area contributed by atoms with Gasteiger partial charge in [0, 0.05) is 13.6 Å². The number of carbonyl (C=O) groups is 1. The third kappa shape index (κ3) is 5.16. The highest BCUT2D eigenvalue weighted by atomic mass is 16.2. The van der Waals surface area contributed by atoms with E-state index < -0.39 is 0 Å². The van der Waals surface area contributed by atoms with Crippen molar-refractivity contribution in [3.8, 4) is 0 Å². The number of hydrogen-bond donors (Lipinski definition) is 1. The third-order valence-corrected chi connectivity index (χ3v) is 4.39. The second-order valence-corrected chi connectivity index (χ2v) is 6.34. The molecule has 1 aromatic carbocycles. The summed E-state index contributed by atoms with van der Waals surface area (Å²) < 4.78 is 0. The molecule has 0 aliphatic carbocycles. The minimum absolute atomic E-state index is 0.0351. The molecular weight excluding hydrogens is 260 g/mol. The molecule has 3 heteroatoms. The van der Waals surface area contributed by atoms with E-state index in [0.717, 1.165) is 38.8 Å². The zero-order valence-corrected chi connectivity index (χ0v) is 13.3. The summed E-state index contributed by atoms with van der Waals surface area (Å²) in [6.45, 7) is 4.07. The largest absolute Gasteiger partial charge is 0.344 e. The molecule has 116 valence electrons. The second-order valence-electron chi connectivity index (χ2n) is 6.34. The van der Waals surface area contributed by atoms with Crippen molar-refractivity contribution >= 4 is 5.91 Å². The molecule has 0 saturated carbocycles. The Balaban J connectivity index is 1.66. The highest BCUT2D eigenvalue weighted by molar-refractivity contribution is 5.81. The van der Waals surface area contributed by atoms with Crippen LogP contribution >= 0.6 is 0 Å². The maximum Gasteiger partial charge on any atom is 0.239 e. The van der Waals surface area contributed by atoms with Crippen LogP contribution < -0.4 is 5.32 Å². The SMILES string of the molecule is CC1CCNC(C(=O)N(C)CCCCc2ccccc2)C1. The summed E-state index contributed by atoms with van der Waals surface area (Å²) in [6, 6.07) is 10.6. The zero-order valence-electron chi connectivity index (χ0n) is 13.3. The standard InChI is InChI=1S/C18H28N2O/c1-15-11-12-19-17(14-15)18(21)20(2)13-7-6-10-16-8-4-3-5-9-16/h3-5,8-9,15,17,19H,6-7,10-14H2,1-2H3. The smallest absolute Gasteiger partial charge is 0.239 e. The molecule has 1 aliphatic heterocycles. The first kappa shape index (κ1) is 16.0. The molecule has 21 heavy (non-hydrogen) atoms. The Bertz CT molecular complexity index is 432. The zero-order chi connectivity index (χ0) is 15.1. The van der Waals surface area contributed by atoms with Crippen LogP contribution in [0.5, 0.6) is 0 Å². The molecule has 1 aliphatic rings. The van der Waals surface area contributed by atoms with E-state index in [4.69, 9.17) is 0 Å². The molecule has 0 radical (unpaired) electrons. The number of nitrogens with zero attached hydrogens (tertiary/aromatic N) is 1. The van der Waals surface area contributed by atoms with Crippen LogP contribution in [0.15, 0.2) is 30.3 Å². The van der Waals surface area contributed by atoms with Crippen molar-refractivity contribution in [3.63, 3.8) is 0 Å². The molecular formula is C18H28N2O. The summed E-state index contributed by atoms with van der Waals surface area (Å²) in [5.41, 5.74) is 1.38. The fourth-order valence-electron chi connectivity index (χ4n) is 2.99. The van der Waals surface area contributed by atoms with Gasteiger partial charge in [-0.2, -0.15) is 0 Å². The summed E-state index contributed by atoms with van der Waals surface area (Å²) in [7, 11) is 1.94. The van der Waals surface area contributed by atoms with E-state index in [0.29, 0.717) is 5.92 Å². The Hall–Kier alpha value is -1.35. The number of likely N-dealkylation sites (N-methyl/N-ethyl adjacent to an activating group) is 1. The van der Waals surface area contributed by atoms with Gasteiger partial charge in [0.25, 0.3) is 0 Å². The number of benzene rings is 1. The van der Waals surface area contributed by atoms with E-state index in [9.17, 15) is 4.79 Å². The molecule has 1 fully saturated rings. The third-order valence-electron chi connectivity index (χ3n) is 4.39. The van der Waals surface area contributed by atoms with Crippen molar-refractivity contribution < 1.29 is 4.79 Å². The predicted octanol–water partition coefficient (Wildman–Crippen LogP) is 2.86. The summed E-state index contributed by atoms with van der Waals surface area (Å²) in [4.78, 5) is 14.3. The van der Waals surface area contributed by atoms with E-state index in [1.54, 1.807) is 0 Å². The van der Waals surface area contributed by atoms with E-state index >= 15 is 0 Å². The van der Waals surface area contributed by atoms with Gasteiger partial charge in [0.1, 0.15) is 0 Å². The Morgan fingerprint density at radius 2 is 2.05 bits per heavy atom. The van der Waals surface area contributed by atoms with Gasteiger partial charge >= 0.3 is 0 Å². The van der Waals surface area contributed by atoms with Gasteiger partial charge in [-0.25, -0.2) is 0 Å². The fourth-order valence-corrected chi connectivity index (χ4v) is 2.99. The molecule has 2 unspecified atom stereocenters. The Labute approximate surface area is 128 Å². The van der Waals surface area contributed by atoms with Crippen LogP contribution in [0.1, 0.15) is 38.2 Å². The van der Waals surface area contributed by atoms with Crippen molar-refractivity contribution in [2.45, 2.75) is 45.1 Å². The molecule has 1 N–H and O–H groups in total. The normalized spacial score (nSPS) is 22.0. The lowest BCUT2D eigenvalue weighted by atomic mass is 9.93. The van der Waals surface area contributed by atoms with Crippen molar-refractivity contribution in [1.82, 2.24) is 10.2 Å². The molecule has 1 saturated heterocycles. The van der Waals surface area contributed by atoms with Crippen molar-refractivity contribution in [3.05, 3.63) is 35.9 Å². The number of hydrogen-bond acceptors (Lipinski definition) is 2. The van der Waals surface area contributed by atoms with Gasteiger partial charge in [-0.05, 0) is 50.1 Å². The topological polar surface area (TPSA) is 32.3 Å². The monoisotopic (exact) mass is 288 g/mol. The number of carbonyl (C=O) groups excluding carboxylic acids is 1. The van der Waals surface area contributed by atoms with Gasteiger partial charge in [0.2, 0.25) is 5.91 Å². The number of nitrogens with one attached hydrogen (secondary N) is 1. The van der Waals surface area contributed by atoms with Gasteiger partial charge in [0.15, 0.2) is 0 Å².